The van der Waals surface area contributed by atoms with E-state index in [1.807, 2.05) is 0 Å². The number of anilines is 1. The average molecular weight is 204 g/mol. The first-order valence-electron chi connectivity index (χ1n) is 4.80. The highest BCUT2D eigenvalue weighted by atomic mass is 16.3. The van der Waals surface area contributed by atoms with Crippen LogP contribution in [0.4, 0.5) is 5.69 Å². The number of rotatable bonds is 2. The van der Waals surface area contributed by atoms with Crippen LogP contribution in [0.3, 0.4) is 0 Å². The lowest BCUT2D eigenvalue weighted by atomic mass is 10.2. The van der Waals surface area contributed by atoms with Gasteiger partial charge in [0.25, 0.3) is 0 Å². The van der Waals surface area contributed by atoms with Crippen molar-refractivity contribution in [2.24, 2.45) is 0 Å². The minimum absolute atomic E-state index is 0.0424. The summed E-state index contributed by atoms with van der Waals surface area (Å²) in [5.41, 5.74) is 1.59. The Morgan fingerprint density at radius 2 is 2.33 bits per heavy atom. The number of phenolic OH excluding ortho intramolecular Hbond substituents is 1. The first-order chi connectivity index (χ1) is 7.20. The van der Waals surface area contributed by atoms with E-state index in [0.29, 0.717) is 12.1 Å². The molecule has 2 rings (SSSR count). The van der Waals surface area contributed by atoms with Crippen molar-refractivity contribution in [1.82, 2.24) is 4.98 Å². The van der Waals surface area contributed by atoms with Crippen LogP contribution in [0.1, 0.15) is 13.3 Å². The molecule has 4 heteroatoms. The van der Waals surface area contributed by atoms with E-state index in [4.69, 9.17) is 0 Å². The van der Waals surface area contributed by atoms with Crippen LogP contribution in [0.15, 0.2) is 24.4 Å². The van der Waals surface area contributed by atoms with Crippen LogP contribution in [-0.4, -0.2) is 16.0 Å². The molecular weight excluding hydrogens is 192 g/mol. The van der Waals surface area contributed by atoms with Gasteiger partial charge in [-0.3, -0.25) is 4.79 Å². The molecule has 15 heavy (non-hydrogen) atoms. The number of amides is 1. The molecule has 0 aliphatic carbocycles. The van der Waals surface area contributed by atoms with Crippen molar-refractivity contribution in [3.8, 4) is 5.75 Å². The molecule has 0 aliphatic heterocycles. The summed E-state index contributed by atoms with van der Waals surface area (Å²) in [6.07, 6.45) is 2.16. The summed E-state index contributed by atoms with van der Waals surface area (Å²) in [5, 5.41) is 12.9. The second kappa shape index (κ2) is 3.65. The van der Waals surface area contributed by atoms with Crippen molar-refractivity contribution < 1.29 is 9.90 Å². The standard InChI is InChI=1S/C11H12N2O2/c1-2-11(15)13-10-6-12-9-4-3-7(14)5-8(9)10/h3-6,12,14H,2H2,1H3,(H,13,15). The van der Waals surface area contributed by atoms with Gasteiger partial charge in [0, 0.05) is 23.5 Å². The maximum atomic E-state index is 11.2. The minimum Gasteiger partial charge on any atom is -0.508 e. The van der Waals surface area contributed by atoms with E-state index in [-0.39, 0.29) is 11.7 Å². The Balaban J connectivity index is 2.43. The van der Waals surface area contributed by atoms with Crippen LogP contribution in [0.2, 0.25) is 0 Å². The largest absolute Gasteiger partial charge is 0.508 e. The van der Waals surface area contributed by atoms with Crippen LogP contribution in [0.5, 0.6) is 5.75 Å². The smallest absolute Gasteiger partial charge is 0.224 e. The van der Waals surface area contributed by atoms with Crippen LogP contribution in [-0.2, 0) is 4.79 Å². The van der Waals surface area contributed by atoms with E-state index in [1.165, 1.54) is 0 Å². The number of carbonyl (C=O) groups excluding carboxylic acids is 1. The average Bonchev–Trinajstić information content (AvgIpc) is 2.61. The number of aromatic hydroxyl groups is 1. The summed E-state index contributed by atoms with van der Waals surface area (Å²) in [6, 6.07) is 4.99. The van der Waals surface area contributed by atoms with Gasteiger partial charge in [0.15, 0.2) is 0 Å². The van der Waals surface area contributed by atoms with Crippen molar-refractivity contribution in [2.75, 3.05) is 5.32 Å². The van der Waals surface area contributed by atoms with Crippen LogP contribution in [0, 0.1) is 0 Å². The normalized spacial score (nSPS) is 10.5. The summed E-state index contributed by atoms with van der Waals surface area (Å²) in [6.45, 7) is 1.79. The third-order valence-corrected chi connectivity index (χ3v) is 2.26. The first kappa shape index (κ1) is 9.58. The second-order valence-electron chi connectivity index (χ2n) is 3.33. The van der Waals surface area contributed by atoms with Crippen molar-refractivity contribution in [1.29, 1.82) is 0 Å². The van der Waals surface area contributed by atoms with Gasteiger partial charge in [0.05, 0.1) is 5.69 Å². The predicted octanol–water partition coefficient (Wildman–Crippen LogP) is 2.22. The van der Waals surface area contributed by atoms with Gasteiger partial charge in [-0.25, -0.2) is 0 Å². The molecule has 0 saturated heterocycles. The molecule has 3 N–H and O–H groups in total. The summed E-state index contributed by atoms with van der Waals surface area (Å²) >= 11 is 0. The number of phenols is 1. The van der Waals surface area contributed by atoms with Gasteiger partial charge in [-0.05, 0) is 18.2 Å². The molecule has 0 aliphatic rings. The molecule has 4 nitrogen and oxygen atoms in total. The zero-order chi connectivity index (χ0) is 10.8. The number of carbonyl (C=O) groups is 1. The molecule has 2 aromatic rings. The molecule has 0 bridgehead atoms. The molecule has 1 aromatic heterocycles. The number of H-pyrrole nitrogens is 1. The highest BCUT2D eigenvalue weighted by Gasteiger charge is 2.06. The Kier molecular flexibility index (Phi) is 2.33. The fraction of sp³-hybridized carbons (Fsp3) is 0.182. The fourth-order valence-corrected chi connectivity index (χ4v) is 1.45. The number of fused-ring (bicyclic) bond motifs is 1. The number of aromatic nitrogens is 1. The maximum absolute atomic E-state index is 11.2. The molecule has 1 aromatic carbocycles. The number of nitrogens with one attached hydrogen (secondary N) is 2. The number of hydrogen-bond donors (Lipinski definition) is 3. The van der Waals surface area contributed by atoms with E-state index in [1.54, 1.807) is 31.3 Å². The van der Waals surface area contributed by atoms with Crippen molar-refractivity contribution in [3.63, 3.8) is 0 Å². The SMILES string of the molecule is CCC(=O)Nc1c[nH]c2ccc(O)cc12. The Labute approximate surface area is 86.9 Å². The minimum atomic E-state index is -0.0424. The van der Waals surface area contributed by atoms with Gasteiger partial charge >= 0.3 is 0 Å². The Hall–Kier alpha value is -1.97. The summed E-state index contributed by atoms with van der Waals surface area (Å²) in [5.74, 6) is 0.147. The third-order valence-electron chi connectivity index (χ3n) is 2.26. The van der Waals surface area contributed by atoms with Gasteiger partial charge < -0.3 is 15.4 Å². The van der Waals surface area contributed by atoms with E-state index in [9.17, 15) is 9.90 Å². The monoisotopic (exact) mass is 204 g/mol. The molecule has 1 amide bonds. The third kappa shape index (κ3) is 1.79. The molecule has 0 radical (unpaired) electrons. The van der Waals surface area contributed by atoms with E-state index in [2.05, 4.69) is 10.3 Å². The fourth-order valence-electron chi connectivity index (χ4n) is 1.45. The zero-order valence-corrected chi connectivity index (χ0v) is 8.37. The molecule has 0 spiro atoms. The maximum Gasteiger partial charge on any atom is 0.224 e. The molecule has 0 unspecified atom stereocenters. The molecule has 0 fully saturated rings. The van der Waals surface area contributed by atoms with Crippen molar-refractivity contribution in [3.05, 3.63) is 24.4 Å². The lowest BCUT2D eigenvalue weighted by molar-refractivity contribution is -0.115. The Morgan fingerprint density at radius 3 is 3.07 bits per heavy atom. The van der Waals surface area contributed by atoms with Crippen molar-refractivity contribution in [2.45, 2.75) is 13.3 Å². The highest BCUT2D eigenvalue weighted by Crippen LogP contribution is 2.26. The molecule has 78 valence electrons. The van der Waals surface area contributed by atoms with Gasteiger partial charge in [-0.2, -0.15) is 0 Å². The molecular formula is C11H12N2O2. The zero-order valence-electron chi connectivity index (χ0n) is 8.37. The number of benzene rings is 1. The Bertz CT molecular complexity index is 502. The molecule has 1 heterocycles. The lowest BCUT2D eigenvalue weighted by Crippen LogP contribution is -2.08. The highest BCUT2D eigenvalue weighted by molar-refractivity contribution is 6.01. The van der Waals surface area contributed by atoms with Crippen LogP contribution >= 0.6 is 0 Å². The molecule has 0 atom stereocenters. The van der Waals surface area contributed by atoms with Crippen LogP contribution < -0.4 is 5.32 Å². The van der Waals surface area contributed by atoms with E-state index >= 15 is 0 Å². The number of aromatic amines is 1. The summed E-state index contributed by atoms with van der Waals surface area (Å²) < 4.78 is 0. The first-order valence-corrected chi connectivity index (χ1v) is 4.80. The quantitative estimate of drug-likeness (QED) is 0.702. The van der Waals surface area contributed by atoms with Crippen molar-refractivity contribution >= 4 is 22.5 Å². The van der Waals surface area contributed by atoms with Gasteiger partial charge in [0.1, 0.15) is 5.75 Å². The molecule has 0 saturated carbocycles. The number of hydrogen-bond acceptors (Lipinski definition) is 2. The second-order valence-corrected chi connectivity index (χ2v) is 3.33. The van der Waals surface area contributed by atoms with E-state index in [0.717, 1.165) is 10.9 Å². The lowest BCUT2D eigenvalue weighted by Gasteiger charge is -2.01. The predicted molar refractivity (Wildman–Crippen MR) is 58.9 cm³/mol. The van der Waals surface area contributed by atoms with Gasteiger partial charge in [-0.1, -0.05) is 6.92 Å². The topological polar surface area (TPSA) is 65.1 Å². The summed E-state index contributed by atoms with van der Waals surface area (Å²) in [4.78, 5) is 14.2. The summed E-state index contributed by atoms with van der Waals surface area (Å²) in [7, 11) is 0. The van der Waals surface area contributed by atoms with Gasteiger partial charge in [0.2, 0.25) is 5.91 Å². The van der Waals surface area contributed by atoms with Crippen LogP contribution in [0.25, 0.3) is 10.9 Å². The van der Waals surface area contributed by atoms with E-state index < -0.39 is 0 Å². The Morgan fingerprint density at radius 1 is 1.53 bits per heavy atom. The van der Waals surface area contributed by atoms with Gasteiger partial charge in [-0.15, -0.1) is 0 Å².